The van der Waals surface area contributed by atoms with E-state index in [4.69, 9.17) is 9.97 Å². The van der Waals surface area contributed by atoms with Crippen LogP contribution in [0.5, 0.6) is 0 Å². The molecule has 0 amide bonds. The number of hydrogen-bond acceptors (Lipinski definition) is 4. The van der Waals surface area contributed by atoms with E-state index in [2.05, 4.69) is 167 Å². The Balaban J connectivity index is 0.875. The quantitative estimate of drug-likeness (QED) is 0.176. The molecule has 0 spiro atoms. The molecule has 4 aromatic heterocycles. The number of para-hydroxylation sites is 4. The van der Waals surface area contributed by atoms with Crippen LogP contribution in [0.15, 0.2) is 158 Å². The molecule has 6 heteroatoms. The highest BCUT2D eigenvalue weighted by Gasteiger charge is 2.14. The van der Waals surface area contributed by atoms with Crippen molar-refractivity contribution in [2.24, 2.45) is 0 Å². The van der Waals surface area contributed by atoms with E-state index in [1.54, 1.807) is 22.7 Å². The molecule has 0 radical (unpaired) electrons. The molecule has 0 fully saturated rings. The molecule has 0 aliphatic rings. The molecule has 0 atom stereocenters. The third-order valence-corrected chi connectivity index (χ3v) is 11.4. The number of rotatable bonds is 6. The highest BCUT2D eigenvalue weighted by atomic mass is 32.1. The zero-order chi connectivity index (χ0) is 33.0. The van der Waals surface area contributed by atoms with Gasteiger partial charge in [0.15, 0.2) is 0 Å². The first kappa shape index (κ1) is 28.9. The van der Waals surface area contributed by atoms with Crippen molar-refractivity contribution in [3.8, 4) is 32.3 Å². The summed E-state index contributed by atoms with van der Waals surface area (Å²) in [6.07, 6.45) is 8.06. The molecule has 0 unspecified atom stereocenters. The lowest BCUT2D eigenvalue weighted by atomic mass is 10.2. The molecule has 6 aromatic carbocycles. The van der Waals surface area contributed by atoms with E-state index in [-0.39, 0.29) is 0 Å². The summed E-state index contributed by atoms with van der Waals surface area (Å²) >= 11 is 3.38. The van der Waals surface area contributed by atoms with Gasteiger partial charge in [-0.3, -0.25) is 0 Å². The van der Waals surface area contributed by atoms with Gasteiger partial charge in [0, 0.05) is 45.3 Å². The monoisotopic (exact) mass is 676 g/mol. The minimum atomic E-state index is 0.957. The molecule has 0 bridgehead atoms. The highest BCUT2D eigenvalue weighted by Crippen LogP contribution is 2.35. The van der Waals surface area contributed by atoms with Crippen LogP contribution in [-0.4, -0.2) is 19.1 Å². The molecule has 0 saturated heterocycles. The second kappa shape index (κ2) is 11.8. The van der Waals surface area contributed by atoms with Crippen LogP contribution in [0.1, 0.15) is 10.0 Å². The minimum absolute atomic E-state index is 0.957. The fraction of sp³-hybridized carbons (Fsp3) is 0. The van der Waals surface area contributed by atoms with Crippen LogP contribution in [0.3, 0.4) is 0 Å². The standard InChI is InChI=1S/C44H28N4S2/c1-5-13-37-33(9-1)34-10-2-6-14-38(34)47(37)31-21-17-29(18-22-31)41-27-45-43(49-41)25-26-44-46-28-42(50-44)30-19-23-32(24-20-30)48-39-15-7-3-11-35(39)36-12-4-8-16-40(36)48/h1-28H/b26-25+. The molecular weight excluding hydrogens is 649 g/mol. The van der Waals surface area contributed by atoms with Gasteiger partial charge in [0.1, 0.15) is 10.0 Å². The lowest BCUT2D eigenvalue weighted by Gasteiger charge is -2.08. The Morgan fingerprint density at radius 3 is 1.04 bits per heavy atom. The first-order valence-electron chi connectivity index (χ1n) is 16.6. The summed E-state index contributed by atoms with van der Waals surface area (Å²) in [6, 6.07) is 52.0. The van der Waals surface area contributed by atoms with Crippen molar-refractivity contribution < 1.29 is 0 Å². The van der Waals surface area contributed by atoms with Crippen molar-refractivity contribution in [3.05, 3.63) is 168 Å². The van der Waals surface area contributed by atoms with Crippen molar-refractivity contribution in [1.82, 2.24) is 19.1 Å². The molecule has 50 heavy (non-hydrogen) atoms. The third kappa shape index (κ3) is 4.80. The summed E-state index contributed by atoms with van der Waals surface area (Å²) < 4.78 is 4.69. The van der Waals surface area contributed by atoms with E-state index in [0.29, 0.717) is 0 Å². The first-order chi connectivity index (χ1) is 24.8. The van der Waals surface area contributed by atoms with Gasteiger partial charge in [-0.25, -0.2) is 9.97 Å². The Labute approximate surface area is 296 Å². The molecular formula is C44H28N4S2. The first-order valence-corrected chi connectivity index (χ1v) is 18.2. The van der Waals surface area contributed by atoms with Gasteiger partial charge in [0.2, 0.25) is 0 Å². The van der Waals surface area contributed by atoms with Gasteiger partial charge in [0.05, 0.1) is 31.8 Å². The van der Waals surface area contributed by atoms with Gasteiger partial charge in [-0.15, -0.1) is 22.7 Å². The Morgan fingerprint density at radius 2 is 0.700 bits per heavy atom. The lowest BCUT2D eigenvalue weighted by molar-refractivity contribution is 1.18. The lowest BCUT2D eigenvalue weighted by Crippen LogP contribution is -1.93. The molecule has 10 rings (SSSR count). The average molecular weight is 677 g/mol. The second-order valence-electron chi connectivity index (χ2n) is 12.3. The predicted molar refractivity (Wildman–Crippen MR) is 213 cm³/mol. The largest absolute Gasteiger partial charge is 0.309 e. The Morgan fingerprint density at radius 1 is 0.380 bits per heavy atom. The van der Waals surface area contributed by atoms with Gasteiger partial charge < -0.3 is 9.13 Å². The second-order valence-corrected chi connectivity index (χ2v) is 14.4. The molecule has 4 heterocycles. The zero-order valence-electron chi connectivity index (χ0n) is 26.8. The van der Waals surface area contributed by atoms with Crippen molar-refractivity contribution in [2.75, 3.05) is 0 Å². The van der Waals surface area contributed by atoms with Crippen molar-refractivity contribution in [1.29, 1.82) is 0 Å². The van der Waals surface area contributed by atoms with Crippen LogP contribution >= 0.6 is 22.7 Å². The molecule has 10 aromatic rings. The maximum absolute atomic E-state index is 4.71. The third-order valence-electron chi connectivity index (χ3n) is 9.40. The summed E-state index contributed by atoms with van der Waals surface area (Å²) in [5.74, 6) is 0. The highest BCUT2D eigenvalue weighted by molar-refractivity contribution is 7.16. The molecule has 4 nitrogen and oxygen atoms in total. The molecule has 0 aliphatic carbocycles. The van der Waals surface area contributed by atoms with Crippen LogP contribution < -0.4 is 0 Å². The van der Waals surface area contributed by atoms with Gasteiger partial charge >= 0.3 is 0 Å². The number of thiazole rings is 2. The van der Waals surface area contributed by atoms with Gasteiger partial charge in [0.25, 0.3) is 0 Å². The van der Waals surface area contributed by atoms with Crippen molar-refractivity contribution in [2.45, 2.75) is 0 Å². The van der Waals surface area contributed by atoms with Gasteiger partial charge in [-0.05, 0) is 71.8 Å². The maximum Gasteiger partial charge on any atom is 0.116 e. The summed E-state index contributed by atoms with van der Waals surface area (Å²) in [4.78, 5) is 11.7. The van der Waals surface area contributed by atoms with Crippen LogP contribution in [0.25, 0.3) is 88.0 Å². The van der Waals surface area contributed by atoms with Crippen molar-refractivity contribution >= 4 is 78.4 Å². The fourth-order valence-corrected chi connectivity index (χ4v) is 8.74. The Kier molecular flexibility index (Phi) is 6.82. The number of nitrogens with zero attached hydrogens (tertiary/aromatic N) is 4. The smallest absolute Gasteiger partial charge is 0.116 e. The van der Waals surface area contributed by atoms with E-state index < -0.39 is 0 Å². The molecule has 0 aliphatic heterocycles. The maximum atomic E-state index is 4.71. The summed E-state index contributed by atoms with van der Waals surface area (Å²) in [5, 5.41) is 7.00. The molecule has 236 valence electrons. The SMILES string of the molecule is C(=C\c1ncc(-c2ccc(-n3c4ccccc4c4ccccc43)cc2)s1)/c1ncc(-c2ccc(-n3c4ccccc4c4ccccc43)cc2)s1. The Hall–Kier alpha value is -6.08. The summed E-state index contributed by atoms with van der Waals surface area (Å²) in [6.45, 7) is 0. The van der Waals surface area contributed by atoms with Crippen LogP contribution in [0.2, 0.25) is 0 Å². The molecule has 0 N–H and O–H groups in total. The number of aromatic nitrogens is 4. The Bertz CT molecular complexity index is 2560. The van der Waals surface area contributed by atoms with Crippen LogP contribution in [0, 0.1) is 0 Å². The number of fused-ring (bicyclic) bond motifs is 6. The molecule has 0 saturated carbocycles. The number of hydrogen-bond donors (Lipinski definition) is 0. The summed E-state index contributed by atoms with van der Waals surface area (Å²) in [7, 11) is 0. The topological polar surface area (TPSA) is 35.6 Å². The average Bonchev–Trinajstić information content (AvgIpc) is 3.98. The van der Waals surface area contributed by atoms with E-state index in [9.17, 15) is 0 Å². The summed E-state index contributed by atoms with van der Waals surface area (Å²) in [5.41, 5.74) is 9.48. The van der Waals surface area contributed by atoms with Gasteiger partial charge in [-0.1, -0.05) is 97.1 Å². The van der Waals surface area contributed by atoms with Crippen molar-refractivity contribution in [3.63, 3.8) is 0 Å². The van der Waals surface area contributed by atoms with E-state index in [1.807, 2.05) is 12.4 Å². The number of benzene rings is 6. The minimum Gasteiger partial charge on any atom is -0.309 e. The van der Waals surface area contributed by atoms with Crippen LogP contribution in [-0.2, 0) is 0 Å². The predicted octanol–water partition coefficient (Wildman–Crippen LogP) is 12.3. The normalized spacial score (nSPS) is 11.9. The van der Waals surface area contributed by atoms with Crippen LogP contribution in [0.4, 0.5) is 0 Å². The zero-order valence-corrected chi connectivity index (χ0v) is 28.4. The van der Waals surface area contributed by atoms with E-state index in [0.717, 1.165) is 42.3 Å². The van der Waals surface area contributed by atoms with Gasteiger partial charge in [-0.2, -0.15) is 0 Å². The van der Waals surface area contributed by atoms with E-state index >= 15 is 0 Å². The van der Waals surface area contributed by atoms with E-state index in [1.165, 1.54) is 43.6 Å². The fourth-order valence-electron chi connectivity index (χ4n) is 7.09.